The van der Waals surface area contributed by atoms with Crippen molar-refractivity contribution in [3.63, 3.8) is 0 Å². The van der Waals surface area contributed by atoms with Gasteiger partial charge in [-0.15, -0.1) is 0 Å². The van der Waals surface area contributed by atoms with Crippen LogP contribution < -0.4 is 11.1 Å². The topological polar surface area (TPSA) is 91.0 Å². The lowest BCUT2D eigenvalue weighted by Crippen LogP contribution is -2.38. The highest BCUT2D eigenvalue weighted by Crippen LogP contribution is 2.21. The number of hydrogen-bond acceptors (Lipinski definition) is 4. The number of oxime groups is 1. The highest BCUT2D eigenvalue weighted by molar-refractivity contribution is 5.85. The van der Waals surface area contributed by atoms with Crippen molar-refractivity contribution in [2.24, 2.45) is 16.3 Å². The lowest BCUT2D eigenvalue weighted by Gasteiger charge is -2.23. The van der Waals surface area contributed by atoms with Crippen LogP contribution in [0, 0.1) is 5.41 Å². The summed E-state index contributed by atoms with van der Waals surface area (Å²) in [5.41, 5.74) is 5.29. The molecule has 0 aliphatic carbocycles. The van der Waals surface area contributed by atoms with Gasteiger partial charge in [0.05, 0.1) is 6.54 Å². The summed E-state index contributed by atoms with van der Waals surface area (Å²) in [4.78, 5) is 13.5. The molecule has 0 aliphatic rings. The zero-order valence-corrected chi connectivity index (χ0v) is 12.6. The van der Waals surface area contributed by atoms with Gasteiger partial charge in [0.15, 0.2) is 0 Å². The monoisotopic (exact) mass is 272 g/mol. The molecule has 0 aromatic rings. The molecule has 0 atom stereocenters. The summed E-state index contributed by atoms with van der Waals surface area (Å²) in [5, 5.41) is 14.8. The molecule has 1 amide bonds. The number of nitrogens with one attached hydrogen (secondary N) is 1. The van der Waals surface area contributed by atoms with Crippen LogP contribution in [0.1, 0.15) is 40.5 Å². The van der Waals surface area contributed by atoms with Crippen molar-refractivity contribution < 1.29 is 10.0 Å². The summed E-state index contributed by atoms with van der Waals surface area (Å²) >= 11 is 0. The zero-order valence-electron chi connectivity index (χ0n) is 12.6. The van der Waals surface area contributed by atoms with E-state index in [1.54, 1.807) is 4.90 Å². The van der Waals surface area contributed by atoms with Gasteiger partial charge in [0.1, 0.15) is 5.84 Å². The van der Waals surface area contributed by atoms with Gasteiger partial charge in [-0.25, -0.2) is 0 Å². The van der Waals surface area contributed by atoms with E-state index in [1.165, 1.54) is 0 Å². The first-order valence-corrected chi connectivity index (χ1v) is 6.85. The van der Waals surface area contributed by atoms with E-state index in [4.69, 9.17) is 10.9 Å². The lowest BCUT2D eigenvalue weighted by atomic mass is 9.86. The fourth-order valence-electron chi connectivity index (χ4n) is 1.80. The summed E-state index contributed by atoms with van der Waals surface area (Å²) < 4.78 is 0. The van der Waals surface area contributed by atoms with E-state index in [1.807, 2.05) is 27.7 Å². The number of hydrogen-bond donors (Lipinski definition) is 3. The zero-order chi connectivity index (χ0) is 14.9. The largest absolute Gasteiger partial charge is 0.409 e. The molecule has 0 aromatic heterocycles. The summed E-state index contributed by atoms with van der Waals surface area (Å²) in [6, 6.07) is 0. The van der Waals surface area contributed by atoms with Crippen LogP contribution in [0.15, 0.2) is 5.16 Å². The Kier molecular flexibility index (Phi) is 8.14. The average molecular weight is 272 g/mol. The third-order valence-electron chi connectivity index (χ3n) is 3.35. The van der Waals surface area contributed by atoms with E-state index in [0.717, 1.165) is 32.5 Å². The predicted octanol–water partition coefficient (Wildman–Crippen LogP) is 0.997. The van der Waals surface area contributed by atoms with Crippen molar-refractivity contribution in [2.75, 3.05) is 26.2 Å². The van der Waals surface area contributed by atoms with Crippen LogP contribution in [-0.2, 0) is 4.79 Å². The van der Waals surface area contributed by atoms with Crippen molar-refractivity contribution in [3.05, 3.63) is 0 Å². The quantitative estimate of drug-likeness (QED) is 0.192. The van der Waals surface area contributed by atoms with Crippen molar-refractivity contribution in [1.82, 2.24) is 10.2 Å². The highest BCUT2D eigenvalue weighted by Gasteiger charge is 2.22. The molecule has 6 nitrogen and oxygen atoms in total. The lowest BCUT2D eigenvalue weighted by molar-refractivity contribution is -0.129. The van der Waals surface area contributed by atoms with Crippen LogP contribution in [0.5, 0.6) is 0 Å². The molecule has 4 N–H and O–H groups in total. The van der Waals surface area contributed by atoms with E-state index in [2.05, 4.69) is 10.5 Å². The average Bonchev–Trinajstić information content (AvgIpc) is 2.38. The number of likely N-dealkylation sites (N-methyl/N-ethyl adjacent to an activating group) is 1. The Hall–Kier alpha value is -1.30. The Morgan fingerprint density at radius 3 is 2.42 bits per heavy atom. The molecular formula is C13H28N4O2. The number of amidine groups is 1. The van der Waals surface area contributed by atoms with Crippen molar-refractivity contribution in [3.8, 4) is 0 Å². The number of nitrogens with zero attached hydrogens (tertiary/aromatic N) is 2. The summed E-state index contributed by atoms with van der Waals surface area (Å²) in [5.74, 6) is 0.368. The molecule has 6 heteroatoms. The molecular weight excluding hydrogens is 244 g/mol. The molecule has 0 bridgehead atoms. The van der Waals surface area contributed by atoms with E-state index in [0.29, 0.717) is 6.54 Å². The summed E-state index contributed by atoms with van der Waals surface area (Å²) in [6.45, 7) is 10.4. The molecule has 0 heterocycles. The van der Waals surface area contributed by atoms with E-state index >= 15 is 0 Å². The van der Waals surface area contributed by atoms with Crippen LogP contribution in [0.2, 0.25) is 0 Å². The van der Waals surface area contributed by atoms with Crippen molar-refractivity contribution in [2.45, 2.75) is 40.5 Å². The van der Waals surface area contributed by atoms with Gasteiger partial charge in [0, 0.05) is 18.5 Å². The third kappa shape index (κ3) is 6.42. The molecule has 0 rings (SSSR count). The van der Waals surface area contributed by atoms with Gasteiger partial charge in [0.25, 0.3) is 0 Å². The summed E-state index contributed by atoms with van der Waals surface area (Å²) in [7, 11) is 0. The number of rotatable bonds is 9. The number of carbonyl (C=O) groups excluding carboxylic acids is 1. The molecule has 0 saturated heterocycles. The first-order chi connectivity index (χ1) is 8.88. The molecule has 0 aliphatic heterocycles. The van der Waals surface area contributed by atoms with Crippen LogP contribution in [0.25, 0.3) is 0 Å². The second-order valence-corrected chi connectivity index (χ2v) is 5.22. The van der Waals surface area contributed by atoms with Gasteiger partial charge < -0.3 is 21.2 Å². The summed E-state index contributed by atoms with van der Waals surface area (Å²) in [6.07, 6.45) is 1.67. The minimum atomic E-state index is -0.320. The molecule has 0 unspecified atom stereocenters. The molecule has 0 radical (unpaired) electrons. The molecule has 0 aromatic carbocycles. The van der Waals surface area contributed by atoms with Crippen molar-refractivity contribution >= 4 is 11.7 Å². The minimum Gasteiger partial charge on any atom is -0.409 e. The predicted molar refractivity (Wildman–Crippen MR) is 77.2 cm³/mol. The van der Waals surface area contributed by atoms with E-state index in [9.17, 15) is 4.79 Å². The van der Waals surface area contributed by atoms with E-state index in [-0.39, 0.29) is 17.2 Å². The Labute approximate surface area is 116 Å². The van der Waals surface area contributed by atoms with Gasteiger partial charge in [-0.05, 0) is 33.2 Å². The molecule has 0 saturated carbocycles. The Morgan fingerprint density at radius 1 is 1.37 bits per heavy atom. The molecule has 112 valence electrons. The van der Waals surface area contributed by atoms with Crippen LogP contribution in [-0.4, -0.2) is 48.0 Å². The highest BCUT2D eigenvalue weighted by atomic mass is 16.4. The fraction of sp³-hybridized carbons (Fsp3) is 0.846. The fourth-order valence-corrected chi connectivity index (χ4v) is 1.80. The van der Waals surface area contributed by atoms with Gasteiger partial charge >= 0.3 is 0 Å². The van der Waals surface area contributed by atoms with Gasteiger partial charge in [0.2, 0.25) is 5.91 Å². The SMILES string of the molecule is CCN(CC)C(=O)CNCCCC(C)(C)C(N)=NO. The molecule has 0 fully saturated rings. The van der Waals surface area contributed by atoms with Gasteiger partial charge in [-0.1, -0.05) is 19.0 Å². The first kappa shape index (κ1) is 17.7. The second-order valence-electron chi connectivity index (χ2n) is 5.22. The first-order valence-electron chi connectivity index (χ1n) is 6.85. The standard InChI is InChI=1S/C13H28N4O2/c1-5-17(6-2)11(18)10-15-9-7-8-13(3,4)12(14)16-19/h15,19H,5-10H2,1-4H3,(H2,14,16). The maximum absolute atomic E-state index is 11.7. The number of nitrogens with two attached hydrogens (primary N) is 1. The molecule has 0 spiro atoms. The maximum Gasteiger partial charge on any atom is 0.236 e. The van der Waals surface area contributed by atoms with Crippen LogP contribution in [0.4, 0.5) is 0 Å². The second kappa shape index (κ2) is 8.74. The van der Waals surface area contributed by atoms with Crippen LogP contribution >= 0.6 is 0 Å². The Morgan fingerprint density at radius 2 is 1.95 bits per heavy atom. The minimum absolute atomic E-state index is 0.126. The molecule has 19 heavy (non-hydrogen) atoms. The van der Waals surface area contributed by atoms with Crippen molar-refractivity contribution in [1.29, 1.82) is 0 Å². The number of amides is 1. The third-order valence-corrected chi connectivity index (χ3v) is 3.35. The van der Waals surface area contributed by atoms with Crippen LogP contribution in [0.3, 0.4) is 0 Å². The smallest absolute Gasteiger partial charge is 0.236 e. The Bertz CT molecular complexity index is 299. The normalized spacial score (nSPS) is 12.5. The van der Waals surface area contributed by atoms with E-state index < -0.39 is 0 Å². The maximum atomic E-state index is 11.7. The Balaban J connectivity index is 3.85. The van der Waals surface area contributed by atoms with Gasteiger partial charge in [-0.2, -0.15) is 0 Å². The number of carbonyl (C=O) groups is 1. The van der Waals surface area contributed by atoms with Gasteiger partial charge in [-0.3, -0.25) is 4.79 Å².